The summed E-state index contributed by atoms with van der Waals surface area (Å²) in [5, 5.41) is 0. The van der Waals surface area contributed by atoms with Crippen LogP contribution in [0.1, 0.15) is 68.4 Å². The number of fused-ring (bicyclic) bond motifs is 3. The van der Waals surface area contributed by atoms with Crippen LogP contribution in [0.15, 0.2) is 66.7 Å². The van der Waals surface area contributed by atoms with E-state index in [1.807, 2.05) is 30.3 Å². The van der Waals surface area contributed by atoms with E-state index >= 15 is 0 Å². The van der Waals surface area contributed by atoms with Gasteiger partial charge in [0.25, 0.3) is 0 Å². The van der Waals surface area contributed by atoms with E-state index in [-0.39, 0.29) is 29.5 Å². The van der Waals surface area contributed by atoms with E-state index in [0.717, 1.165) is 60.5 Å². The van der Waals surface area contributed by atoms with Gasteiger partial charge in [0.15, 0.2) is 0 Å². The summed E-state index contributed by atoms with van der Waals surface area (Å²) in [6.07, 6.45) is 3.27. The third-order valence-corrected chi connectivity index (χ3v) is 8.46. The maximum Gasteiger partial charge on any atom is 0.127 e. The Morgan fingerprint density at radius 2 is 1.66 bits per heavy atom. The first-order valence-corrected chi connectivity index (χ1v) is 15.0. The summed E-state index contributed by atoms with van der Waals surface area (Å²) >= 11 is 0. The molecular formula is C35H45FN2O3. The highest BCUT2D eigenvalue weighted by Crippen LogP contribution is 2.52. The van der Waals surface area contributed by atoms with Gasteiger partial charge in [-0.1, -0.05) is 48.5 Å². The minimum atomic E-state index is -0.333. The Morgan fingerprint density at radius 3 is 2.41 bits per heavy atom. The van der Waals surface area contributed by atoms with Gasteiger partial charge in [0.2, 0.25) is 0 Å². The van der Waals surface area contributed by atoms with Crippen LogP contribution < -0.4 is 9.47 Å². The quantitative estimate of drug-likeness (QED) is 0.244. The molecule has 1 saturated heterocycles. The predicted octanol–water partition coefficient (Wildman–Crippen LogP) is 7.39. The number of ether oxygens (including phenoxy) is 3. The van der Waals surface area contributed by atoms with Crippen molar-refractivity contribution in [2.45, 2.75) is 77.5 Å². The molecule has 0 unspecified atom stereocenters. The van der Waals surface area contributed by atoms with Crippen LogP contribution in [0.4, 0.5) is 4.39 Å². The second-order valence-corrected chi connectivity index (χ2v) is 12.5. The minimum absolute atomic E-state index is 0.0276. The average molecular weight is 561 g/mol. The fraction of sp³-hybridized carbons (Fsp3) is 0.486. The third-order valence-electron chi connectivity index (χ3n) is 8.46. The largest absolute Gasteiger partial charge is 0.489 e. The molecule has 0 aliphatic carbocycles. The lowest BCUT2D eigenvalue weighted by Gasteiger charge is -2.48. The van der Waals surface area contributed by atoms with Crippen LogP contribution in [0.5, 0.6) is 11.5 Å². The molecule has 220 valence electrons. The lowest BCUT2D eigenvalue weighted by atomic mass is 9.75. The summed E-state index contributed by atoms with van der Waals surface area (Å²) in [4.78, 5) is 4.50. The summed E-state index contributed by atoms with van der Waals surface area (Å²) in [5.41, 5.74) is 3.59. The molecule has 0 aromatic heterocycles. The summed E-state index contributed by atoms with van der Waals surface area (Å²) < 4.78 is 34.5. The highest BCUT2D eigenvalue weighted by Gasteiger charge is 2.47. The average Bonchev–Trinajstić information content (AvgIpc) is 2.93. The maximum absolute atomic E-state index is 14.7. The van der Waals surface area contributed by atoms with Crippen molar-refractivity contribution < 1.29 is 18.6 Å². The Hall–Kier alpha value is -2.93. The molecule has 0 spiro atoms. The summed E-state index contributed by atoms with van der Waals surface area (Å²) in [7, 11) is 4.17. The van der Waals surface area contributed by atoms with Crippen molar-refractivity contribution in [2.75, 3.05) is 27.2 Å². The number of nitrogens with zero attached hydrogens (tertiary/aromatic N) is 2. The summed E-state index contributed by atoms with van der Waals surface area (Å²) in [5.74, 6) is 1.81. The van der Waals surface area contributed by atoms with Gasteiger partial charge in [0, 0.05) is 42.2 Å². The lowest BCUT2D eigenvalue weighted by Crippen LogP contribution is -2.48. The van der Waals surface area contributed by atoms with Gasteiger partial charge >= 0.3 is 0 Å². The van der Waals surface area contributed by atoms with Crippen molar-refractivity contribution in [3.63, 3.8) is 0 Å². The molecule has 1 fully saturated rings. The molecule has 2 aliphatic heterocycles. The zero-order chi connectivity index (χ0) is 29.0. The van der Waals surface area contributed by atoms with E-state index in [9.17, 15) is 4.39 Å². The van der Waals surface area contributed by atoms with E-state index in [4.69, 9.17) is 14.2 Å². The van der Waals surface area contributed by atoms with Crippen LogP contribution in [-0.2, 0) is 24.4 Å². The topological polar surface area (TPSA) is 34.2 Å². The smallest absolute Gasteiger partial charge is 0.127 e. The SMILES string of the molecule is C[C@H]1CC[C@H]2[C@H](O1)c1cc(OCc3ccccc3)c(CN(CCCN(C)C)Cc3ccccc3F)cc1OC2(C)C. The van der Waals surface area contributed by atoms with E-state index in [0.29, 0.717) is 25.3 Å². The summed E-state index contributed by atoms with van der Waals surface area (Å²) in [6.45, 7) is 9.92. The maximum atomic E-state index is 14.7. The van der Waals surface area contributed by atoms with E-state index in [2.05, 4.69) is 68.9 Å². The molecule has 0 N–H and O–H groups in total. The molecule has 5 rings (SSSR count). The van der Waals surface area contributed by atoms with E-state index in [1.165, 1.54) is 6.07 Å². The molecule has 3 aromatic carbocycles. The van der Waals surface area contributed by atoms with Crippen molar-refractivity contribution in [1.29, 1.82) is 0 Å². The molecule has 3 atom stereocenters. The molecule has 0 amide bonds. The molecule has 5 nitrogen and oxygen atoms in total. The fourth-order valence-corrected chi connectivity index (χ4v) is 6.19. The Labute approximate surface area is 245 Å². The first-order valence-electron chi connectivity index (χ1n) is 15.0. The molecule has 0 bridgehead atoms. The van der Waals surface area contributed by atoms with Gasteiger partial charge in [0.1, 0.15) is 29.5 Å². The first kappa shape index (κ1) is 29.6. The zero-order valence-corrected chi connectivity index (χ0v) is 25.2. The van der Waals surface area contributed by atoms with Crippen molar-refractivity contribution >= 4 is 0 Å². The highest BCUT2D eigenvalue weighted by atomic mass is 19.1. The van der Waals surface area contributed by atoms with Crippen LogP contribution >= 0.6 is 0 Å². The monoisotopic (exact) mass is 560 g/mol. The second kappa shape index (κ2) is 12.9. The van der Waals surface area contributed by atoms with E-state index < -0.39 is 0 Å². The highest BCUT2D eigenvalue weighted by molar-refractivity contribution is 5.50. The standard InChI is InChI=1S/C35H45FN2O3/c1-25-16-17-30-34(40-25)29-21-32(39-24-26-12-7-6-8-13-26)28(20-33(29)41-35(30,2)3)23-38(19-11-18-37(4)5)22-27-14-9-10-15-31(27)36/h6-10,12-15,20-21,25,30,34H,11,16-19,22-24H2,1-5H3/t25-,30-,34+/m0/s1. The lowest BCUT2D eigenvalue weighted by molar-refractivity contribution is -0.144. The molecule has 41 heavy (non-hydrogen) atoms. The van der Waals surface area contributed by atoms with Gasteiger partial charge in [-0.25, -0.2) is 4.39 Å². The minimum Gasteiger partial charge on any atom is -0.489 e. The Kier molecular flexibility index (Phi) is 9.32. The Bertz CT molecular complexity index is 1300. The normalized spacial score (nSPS) is 21.3. The molecular weight excluding hydrogens is 515 g/mol. The summed E-state index contributed by atoms with van der Waals surface area (Å²) in [6, 6.07) is 21.6. The van der Waals surface area contributed by atoms with Crippen LogP contribution in [0.25, 0.3) is 0 Å². The predicted molar refractivity (Wildman–Crippen MR) is 162 cm³/mol. The van der Waals surface area contributed by atoms with Gasteiger partial charge in [-0.05, 0) is 84.4 Å². The Morgan fingerprint density at radius 1 is 0.927 bits per heavy atom. The van der Waals surface area contributed by atoms with Gasteiger partial charge in [-0.2, -0.15) is 0 Å². The second-order valence-electron chi connectivity index (χ2n) is 12.5. The van der Waals surface area contributed by atoms with E-state index in [1.54, 1.807) is 6.07 Å². The van der Waals surface area contributed by atoms with Gasteiger partial charge in [-0.3, -0.25) is 4.90 Å². The molecule has 0 saturated carbocycles. The van der Waals surface area contributed by atoms with Crippen LogP contribution in [-0.4, -0.2) is 48.7 Å². The van der Waals surface area contributed by atoms with Crippen LogP contribution in [0.3, 0.4) is 0 Å². The van der Waals surface area contributed by atoms with Crippen LogP contribution in [0.2, 0.25) is 0 Å². The van der Waals surface area contributed by atoms with Crippen molar-refractivity contribution in [2.24, 2.45) is 5.92 Å². The van der Waals surface area contributed by atoms with Gasteiger partial charge in [-0.15, -0.1) is 0 Å². The Balaban J connectivity index is 1.49. The van der Waals surface area contributed by atoms with Crippen molar-refractivity contribution in [1.82, 2.24) is 9.80 Å². The molecule has 2 aliphatic rings. The number of rotatable bonds is 11. The molecule has 3 aromatic rings. The first-order chi connectivity index (χ1) is 19.7. The molecule has 6 heteroatoms. The van der Waals surface area contributed by atoms with Crippen molar-refractivity contribution in [3.8, 4) is 11.5 Å². The van der Waals surface area contributed by atoms with Gasteiger partial charge < -0.3 is 19.1 Å². The van der Waals surface area contributed by atoms with Gasteiger partial charge in [0.05, 0.1) is 12.2 Å². The fourth-order valence-electron chi connectivity index (χ4n) is 6.19. The zero-order valence-electron chi connectivity index (χ0n) is 25.2. The third kappa shape index (κ3) is 7.29. The molecule has 0 radical (unpaired) electrons. The number of hydrogen-bond donors (Lipinski definition) is 0. The number of hydrogen-bond acceptors (Lipinski definition) is 5. The van der Waals surface area contributed by atoms with Crippen molar-refractivity contribution in [3.05, 3.63) is 94.8 Å². The number of benzene rings is 3. The molecule has 2 heterocycles. The number of halogens is 1. The van der Waals surface area contributed by atoms with Crippen LogP contribution in [0, 0.1) is 11.7 Å².